The molecule has 2 aromatic heterocycles. The molecule has 4 rings (SSSR count). The number of amides is 1. The molecular weight excluding hydrogens is 410 g/mol. The van der Waals surface area contributed by atoms with E-state index in [0.717, 1.165) is 35.0 Å². The number of carbonyl (C=O) groups is 1. The Bertz CT molecular complexity index is 1060. The highest BCUT2D eigenvalue weighted by Crippen LogP contribution is 2.32. The zero-order chi connectivity index (χ0) is 22.3. The molecule has 0 bridgehead atoms. The van der Waals surface area contributed by atoms with Gasteiger partial charge in [0.15, 0.2) is 11.5 Å². The van der Waals surface area contributed by atoms with Crippen molar-refractivity contribution < 1.29 is 14.3 Å². The molecule has 10 nitrogen and oxygen atoms in total. The summed E-state index contributed by atoms with van der Waals surface area (Å²) < 4.78 is 12.5. The van der Waals surface area contributed by atoms with Gasteiger partial charge in [-0.15, -0.1) is 0 Å². The average Bonchev–Trinajstić information content (AvgIpc) is 3.49. The summed E-state index contributed by atoms with van der Waals surface area (Å²) in [7, 11) is 1.63. The van der Waals surface area contributed by atoms with Crippen LogP contribution in [0.25, 0.3) is 5.95 Å². The van der Waals surface area contributed by atoms with Crippen LogP contribution in [0.1, 0.15) is 29.4 Å². The summed E-state index contributed by atoms with van der Waals surface area (Å²) in [5.41, 5.74) is 2.71. The maximum Gasteiger partial charge on any atom is 0.235 e. The van der Waals surface area contributed by atoms with Crippen LogP contribution in [0.3, 0.4) is 0 Å². The van der Waals surface area contributed by atoms with Gasteiger partial charge >= 0.3 is 0 Å². The number of imidazole rings is 1. The highest BCUT2D eigenvalue weighted by molar-refractivity contribution is 5.76. The van der Waals surface area contributed by atoms with Crippen LogP contribution in [0.2, 0.25) is 0 Å². The molecule has 3 heterocycles. The van der Waals surface area contributed by atoms with Gasteiger partial charge in [-0.1, -0.05) is 6.07 Å². The summed E-state index contributed by atoms with van der Waals surface area (Å²) in [5.74, 6) is 2.03. The molecule has 0 aliphatic carbocycles. The van der Waals surface area contributed by atoms with E-state index in [9.17, 15) is 4.79 Å². The third-order valence-electron chi connectivity index (χ3n) is 5.08. The SMILES string of the molecule is CNC(=O)CC(NCCNCc1ccc2c(c1)OCO2)c1cc(C)nc(-n2ccnc2)n1. The molecule has 0 radical (unpaired) electrons. The number of aromatic nitrogens is 4. The third-order valence-corrected chi connectivity index (χ3v) is 5.08. The predicted molar refractivity (Wildman–Crippen MR) is 118 cm³/mol. The summed E-state index contributed by atoms with van der Waals surface area (Å²) in [5, 5.41) is 9.54. The van der Waals surface area contributed by atoms with Gasteiger partial charge in [0, 0.05) is 51.2 Å². The largest absolute Gasteiger partial charge is 0.454 e. The molecule has 1 atom stereocenters. The maximum absolute atomic E-state index is 12.1. The fourth-order valence-electron chi connectivity index (χ4n) is 3.44. The first-order valence-corrected chi connectivity index (χ1v) is 10.5. The normalized spacial score (nSPS) is 13.2. The molecule has 1 aliphatic heterocycles. The van der Waals surface area contributed by atoms with Crippen LogP contribution in [0, 0.1) is 6.92 Å². The van der Waals surface area contributed by atoms with Crippen LogP contribution in [-0.2, 0) is 11.3 Å². The second-order valence-corrected chi connectivity index (χ2v) is 7.45. The summed E-state index contributed by atoms with van der Waals surface area (Å²) in [6, 6.07) is 7.58. The van der Waals surface area contributed by atoms with Crippen molar-refractivity contribution in [3.8, 4) is 17.4 Å². The van der Waals surface area contributed by atoms with E-state index in [4.69, 9.17) is 9.47 Å². The summed E-state index contributed by atoms with van der Waals surface area (Å²) >= 11 is 0. The lowest BCUT2D eigenvalue weighted by Gasteiger charge is -2.19. The van der Waals surface area contributed by atoms with Crippen molar-refractivity contribution >= 4 is 5.91 Å². The fraction of sp³-hybridized carbons (Fsp3) is 0.364. The number of carbonyl (C=O) groups excluding carboxylic acids is 1. The van der Waals surface area contributed by atoms with E-state index in [1.807, 2.05) is 31.2 Å². The van der Waals surface area contributed by atoms with E-state index in [-0.39, 0.29) is 25.2 Å². The molecule has 3 aromatic rings. The van der Waals surface area contributed by atoms with E-state index in [2.05, 4.69) is 30.9 Å². The lowest BCUT2D eigenvalue weighted by atomic mass is 10.1. The van der Waals surface area contributed by atoms with Gasteiger partial charge in [0.05, 0.1) is 11.7 Å². The van der Waals surface area contributed by atoms with Gasteiger partial charge in [-0.3, -0.25) is 9.36 Å². The summed E-state index contributed by atoms with van der Waals surface area (Å²) in [4.78, 5) is 25.3. The number of benzene rings is 1. The van der Waals surface area contributed by atoms with Gasteiger partial charge in [0.25, 0.3) is 0 Å². The van der Waals surface area contributed by atoms with Crippen LogP contribution in [0.5, 0.6) is 11.5 Å². The molecule has 168 valence electrons. The van der Waals surface area contributed by atoms with Crippen molar-refractivity contribution in [2.24, 2.45) is 0 Å². The van der Waals surface area contributed by atoms with Gasteiger partial charge in [-0.25, -0.2) is 15.0 Å². The van der Waals surface area contributed by atoms with Gasteiger partial charge in [0.2, 0.25) is 18.6 Å². The van der Waals surface area contributed by atoms with Crippen LogP contribution >= 0.6 is 0 Å². The van der Waals surface area contributed by atoms with Gasteiger partial charge in [-0.2, -0.15) is 0 Å². The summed E-state index contributed by atoms with van der Waals surface area (Å²) in [6.07, 6.45) is 5.40. The Balaban J connectivity index is 1.36. The molecule has 1 aromatic carbocycles. The third kappa shape index (κ3) is 5.40. The predicted octanol–water partition coefficient (Wildman–Crippen LogP) is 1.26. The second kappa shape index (κ2) is 10.2. The zero-order valence-corrected chi connectivity index (χ0v) is 18.2. The lowest BCUT2D eigenvalue weighted by Crippen LogP contribution is -2.34. The molecule has 0 spiro atoms. The number of nitrogens with one attached hydrogen (secondary N) is 3. The van der Waals surface area contributed by atoms with E-state index in [0.29, 0.717) is 19.0 Å². The Hall–Kier alpha value is -3.50. The maximum atomic E-state index is 12.1. The lowest BCUT2D eigenvalue weighted by molar-refractivity contribution is -0.121. The molecule has 0 saturated heterocycles. The molecule has 1 unspecified atom stereocenters. The first kappa shape index (κ1) is 21.7. The van der Waals surface area contributed by atoms with Crippen LogP contribution < -0.4 is 25.4 Å². The highest BCUT2D eigenvalue weighted by Gasteiger charge is 2.18. The van der Waals surface area contributed by atoms with E-state index >= 15 is 0 Å². The molecule has 10 heteroatoms. The molecule has 3 N–H and O–H groups in total. The fourth-order valence-corrected chi connectivity index (χ4v) is 3.44. The standard InChI is InChI=1S/C22H27N7O3/c1-15-9-18(28-22(27-15)29-8-7-25-13-29)17(11-21(30)23-2)26-6-5-24-12-16-3-4-19-20(10-16)32-14-31-19/h3-4,7-10,13,17,24,26H,5-6,11-12,14H2,1-2H3,(H,23,30). The number of rotatable bonds is 10. The molecule has 0 saturated carbocycles. The van der Waals surface area contributed by atoms with Crippen molar-refractivity contribution in [1.82, 2.24) is 35.5 Å². The first-order valence-electron chi connectivity index (χ1n) is 10.5. The Labute approximate surface area is 186 Å². The Morgan fingerprint density at radius 3 is 2.88 bits per heavy atom. The number of fused-ring (bicyclic) bond motifs is 1. The topological polar surface area (TPSA) is 115 Å². The summed E-state index contributed by atoms with van der Waals surface area (Å²) in [6.45, 7) is 4.27. The minimum Gasteiger partial charge on any atom is -0.454 e. The number of nitrogens with zero attached hydrogens (tertiary/aromatic N) is 4. The molecular formula is C22H27N7O3. The Morgan fingerprint density at radius 2 is 2.06 bits per heavy atom. The van der Waals surface area contributed by atoms with Crippen molar-refractivity contribution in [3.63, 3.8) is 0 Å². The first-order chi connectivity index (χ1) is 15.6. The van der Waals surface area contributed by atoms with E-state index in [1.54, 1.807) is 30.3 Å². The van der Waals surface area contributed by atoms with Crippen LogP contribution in [0.4, 0.5) is 0 Å². The van der Waals surface area contributed by atoms with Crippen molar-refractivity contribution in [2.45, 2.75) is 25.9 Å². The van der Waals surface area contributed by atoms with Crippen LogP contribution in [0.15, 0.2) is 43.0 Å². The quantitative estimate of drug-likeness (QED) is 0.406. The smallest absolute Gasteiger partial charge is 0.235 e. The Morgan fingerprint density at radius 1 is 1.19 bits per heavy atom. The van der Waals surface area contributed by atoms with Gasteiger partial charge < -0.3 is 25.4 Å². The number of aryl methyl sites for hydroxylation is 1. The zero-order valence-electron chi connectivity index (χ0n) is 18.2. The van der Waals surface area contributed by atoms with Crippen molar-refractivity contribution in [1.29, 1.82) is 0 Å². The van der Waals surface area contributed by atoms with E-state index in [1.165, 1.54) is 0 Å². The molecule has 0 fully saturated rings. The molecule has 1 amide bonds. The monoisotopic (exact) mass is 437 g/mol. The number of ether oxygens (including phenoxy) is 2. The highest BCUT2D eigenvalue weighted by atomic mass is 16.7. The number of hydrogen-bond donors (Lipinski definition) is 3. The molecule has 1 aliphatic rings. The average molecular weight is 438 g/mol. The Kier molecular flexibility index (Phi) is 6.93. The van der Waals surface area contributed by atoms with Crippen molar-refractivity contribution in [2.75, 3.05) is 26.9 Å². The molecule has 32 heavy (non-hydrogen) atoms. The number of hydrogen-bond acceptors (Lipinski definition) is 8. The minimum atomic E-state index is -0.244. The minimum absolute atomic E-state index is 0.0590. The van der Waals surface area contributed by atoms with E-state index < -0.39 is 0 Å². The van der Waals surface area contributed by atoms with Crippen molar-refractivity contribution in [3.05, 3.63) is 59.9 Å². The second-order valence-electron chi connectivity index (χ2n) is 7.45. The van der Waals surface area contributed by atoms with Gasteiger partial charge in [0.1, 0.15) is 6.33 Å². The van der Waals surface area contributed by atoms with Gasteiger partial charge in [-0.05, 0) is 30.7 Å². The van der Waals surface area contributed by atoms with Crippen LogP contribution in [-0.4, -0.2) is 52.4 Å².